The maximum atomic E-state index is 12.3. The highest BCUT2D eigenvalue weighted by Gasteiger charge is 2.29. The third-order valence-electron chi connectivity index (χ3n) is 4.41. The number of nitrogens with one attached hydrogen (secondary N) is 1. The zero-order valence-electron chi connectivity index (χ0n) is 12.4. The van der Waals surface area contributed by atoms with Crippen LogP contribution in [0.2, 0.25) is 0 Å². The van der Waals surface area contributed by atoms with Crippen molar-refractivity contribution in [1.29, 1.82) is 0 Å². The molecule has 5 heteroatoms. The van der Waals surface area contributed by atoms with Crippen molar-refractivity contribution in [2.45, 2.75) is 26.3 Å². The molecule has 1 atom stereocenters. The number of piperazine rings is 1. The van der Waals surface area contributed by atoms with Crippen LogP contribution in [-0.2, 0) is 4.79 Å². The van der Waals surface area contributed by atoms with E-state index >= 15 is 0 Å². The van der Waals surface area contributed by atoms with Crippen molar-refractivity contribution < 1.29 is 4.79 Å². The quantitative estimate of drug-likeness (QED) is 0.752. The molecule has 0 aromatic rings. The fourth-order valence-corrected chi connectivity index (χ4v) is 3.17. The summed E-state index contributed by atoms with van der Waals surface area (Å²) >= 11 is 0. The Balaban J connectivity index is 1.77. The summed E-state index contributed by atoms with van der Waals surface area (Å²) in [4.78, 5) is 19.1. The molecule has 0 aromatic carbocycles. The molecule has 110 valence electrons. The first-order valence-corrected chi connectivity index (χ1v) is 7.69. The topological polar surface area (TPSA) is 38.8 Å². The first kappa shape index (κ1) is 14.8. The maximum Gasteiger partial charge on any atom is 0.236 e. The van der Waals surface area contributed by atoms with Crippen LogP contribution in [0.25, 0.3) is 0 Å². The second kappa shape index (κ2) is 7.22. The molecule has 2 aliphatic rings. The molecule has 2 heterocycles. The number of hydrogen-bond acceptors (Lipinski definition) is 4. The fraction of sp³-hybridized carbons (Fsp3) is 0.929. The first-order chi connectivity index (χ1) is 9.24. The number of hydrogen-bond donors (Lipinski definition) is 1. The summed E-state index contributed by atoms with van der Waals surface area (Å²) in [7, 11) is 0. The highest BCUT2D eigenvalue weighted by molar-refractivity contribution is 5.78. The van der Waals surface area contributed by atoms with E-state index in [1.807, 2.05) is 0 Å². The minimum atomic E-state index is 0.316. The van der Waals surface area contributed by atoms with Gasteiger partial charge in [-0.2, -0.15) is 0 Å². The Labute approximate surface area is 116 Å². The highest BCUT2D eigenvalue weighted by Crippen LogP contribution is 2.15. The second-order valence-corrected chi connectivity index (χ2v) is 5.53. The van der Waals surface area contributed by atoms with E-state index in [2.05, 4.69) is 33.9 Å². The summed E-state index contributed by atoms with van der Waals surface area (Å²) in [6.45, 7) is 13.1. The lowest BCUT2D eigenvalue weighted by molar-refractivity contribution is -0.131. The third-order valence-corrected chi connectivity index (χ3v) is 4.41. The Morgan fingerprint density at radius 3 is 2.53 bits per heavy atom. The smallest absolute Gasteiger partial charge is 0.236 e. The largest absolute Gasteiger partial charge is 0.340 e. The number of likely N-dealkylation sites (tertiary alicyclic amines) is 1. The summed E-state index contributed by atoms with van der Waals surface area (Å²) in [6.07, 6.45) is 1.13. The predicted octanol–water partition coefficient (Wildman–Crippen LogP) is -0.166. The second-order valence-electron chi connectivity index (χ2n) is 5.53. The van der Waals surface area contributed by atoms with Gasteiger partial charge >= 0.3 is 0 Å². The minimum Gasteiger partial charge on any atom is -0.340 e. The average Bonchev–Trinajstić information content (AvgIpc) is 2.91. The van der Waals surface area contributed by atoms with Gasteiger partial charge in [-0.15, -0.1) is 0 Å². The molecule has 1 N–H and O–H groups in total. The first-order valence-electron chi connectivity index (χ1n) is 7.69. The van der Waals surface area contributed by atoms with Crippen molar-refractivity contribution in [3.63, 3.8) is 0 Å². The molecule has 5 nitrogen and oxygen atoms in total. The van der Waals surface area contributed by atoms with Crippen LogP contribution in [0.15, 0.2) is 0 Å². The highest BCUT2D eigenvalue weighted by atomic mass is 16.2. The Hall–Kier alpha value is -0.650. The van der Waals surface area contributed by atoms with Crippen LogP contribution in [-0.4, -0.2) is 85.6 Å². The average molecular weight is 268 g/mol. The van der Waals surface area contributed by atoms with Crippen LogP contribution >= 0.6 is 0 Å². The summed E-state index contributed by atoms with van der Waals surface area (Å²) in [5.41, 5.74) is 0. The van der Waals surface area contributed by atoms with Gasteiger partial charge in [0.2, 0.25) is 5.91 Å². The molecular formula is C14H28N4O. The number of carbonyl (C=O) groups excluding carboxylic acids is 1. The molecule has 0 spiro atoms. The molecule has 0 aliphatic carbocycles. The fourth-order valence-electron chi connectivity index (χ4n) is 3.17. The lowest BCUT2D eigenvalue weighted by atomic mass is 10.2. The summed E-state index contributed by atoms with van der Waals surface area (Å²) in [5, 5.41) is 3.32. The zero-order chi connectivity index (χ0) is 13.7. The van der Waals surface area contributed by atoms with Crippen molar-refractivity contribution in [2.24, 2.45) is 0 Å². The van der Waals surface area contributed by atoms with Gasteiger partial charge in [0.1, 0.15) is 0 Å². The molecule has 0 saturated carbocycles. The molecule has 0 bridgehead atoms. The zero-order valence-corrected chi connectivity index (χ0v) is 12.4. The number of nitrogens with zero attached hydrogens (tertiary/aromatic N) is 3. The van der Waals surface area contributed by atoms with Gasteiger partial charge in [-0.25, -0.2) is 0 Å². The van der Waals surface area contributed by atoms with Gasteiger partial charge in [0.15, 0.2) is 0 Å². The van der Waals surface area contributed by atoms with Crippen LogP contribution in [0.3, 0.4) is 0 Å². The van der Waals surface area contributed by atoms with Crippen molar-refractivity contribution in [3.8, 4) is 0 Å². The Morgan fingerprint density at radius 1 is 1.21 bits per heavy atom. The van der Waals surface area contributed by atoms with Crippen LogP contribution in [0, 0.1) is 0 Å². The van der Waals surface area contributed by atoms with Crippen molar-refractivity contribution >= 4 is 5.91 Å². The Bertz CT molecular complexity index is 287. The van der Waals surface area contributed by atoms with Gasteiger partial charge in [-0.3, -0.25) is 14.6 Å². The van der Waals surface area contributed by atoms with Crippen molar-refractivity contribution in [2.75, 3.05) is 58.9 Å². The summed E-state index contributed by atoms with van der Waals surface area (Å²) in [6, 6.07) is 0.571. The van der Waals surface area contributed by atoms with Crippen LogP contribution in [0.4, 0.5) is 0 Å². The van der Waals surface area contributed by atoms with E-state index in [1.54, 1.807) is 0 Å². The summed E-state index contributed by atoms with van der Waals surface area (Å²) in [5.74, 6) is 0.316. The van der Waals surface area contributed by atoms with E-state index in [0.29, 0.717) is 18.5 Å². The van der Waals surface area contributed by atoms with Crippen molar-refractivity contribution in [3.05, 3.63) is 0 Å². The monoisotopic (exact) mass is 268 g/mol. The Morgan fingerprint density at radius 2 is 1.89 bits per heavy atom. The maximum absolute atomic E-state index is 12.3. The molecule has 19 heavy (non-hydrogen) atoms. The molecule has 2 fully saturated rings. The lowest BCUT2D eigenvalue weighted by Gasteiger charge is -2.29. The molecule has 2 rings (SSSR count). The Kier molecular flexibility index (Phi) is 5.60. The molecule has 0 aromatic heterocycles. The molecular weight excluding hydrogens is 240 g/mol. The van der Waals surface area contributed by atoms with E-state index in [0.717, 1.165) is 58.8 Å². The molecule has 1 unspecified atom stereocenters. The lowest BCUT2D eigenvalue weighted by Crippen LogP contribution is -2.48. The van der Waals surface area contributed by atoms with Crippen LogP contribution in [0.1, 0.15) is 20.3 Å². The normalized spacial score (nSPS) is 25.2. The van der Waals surface area contributed by atoms with Crippen molar-refractivity contribution in [1.82, 2.24) is 20.0 Å². The van der Waals surface area contributed by atoms with E-state index < -0.39 is 0 Å². The van der Waals surface area contributed by atoms with Gasteiger partial charge in [-0.05, 0) is 19.5 Å². The van der Waals surface area contributed by atoms with Crippen LogP contribution < -0.4 is 5.32 Å². The van der Waals surface area contributed by atoms with Gasteiger partial charge in [-0.1, -0.05) is 13.8 Å². The SMILES string of the molecule is CCN(CC)C1CCN(C(=O)CN2CCNCC2)C1. The van der Waals surface area contributed by atoms with E-state index in [9.17, 15) is 4.79 Å². The van der Waals surface area contributed by atoms with Crippen LogP contribution in [0.5, 0.6) is 0 Å². The van der Waals surface area contributed by atoms with E-state index in [4.69, 9.17) is 0 Å². The van der Waals surface area contributed by atoms with Gasteiger partial charge in [0.05, 0.1) is 6.54 Å². The number of carbonyl (C=O) groups is 1. The number of amides is 1. The number of likely N-dealkylation sites (N-methyl/N-ethyl adjacent to an activating group) is 1. The predicted molar refractivity (Wildman–Crippen MR) is 77.2 cm³/mol. The van der Waals surface area contributed by atoms with Gasteiger partial charge < -0.3 is 10.2 Å². The number of rotatable bonds is 5. The van der Waals surface area contributed by atoms with Gasteiger partial charge in [0, 0.05) is 45.3 Å². The summed E-state index contributed by atoms with van der Waals surface area (Å²) < 4.78 is 0. The van der Waals surface area contributed by atoms with E-state index in [1.165, 1.54) is 0 Å². The molecule has 0 radical (unpaired) electrons. The molecule has 2 saturated heterocycles. The standard InChI is InChI=1S/C14H28N4O/c1-3-17(4-2)13-5-8-18(11-13)14(19)12-16-9-6-15-7-10-16/h13,15H,3-12H2,1-2H3. The molecule has 1 amide bonds. The van der Waals surface area contributed by atoms with E-state index in [-0.39, 0.29) is 0 Å². The minimum absolute atomic E-state index is 0.316. The third kappa shape index (κ3) is 3.91. The molecule has 2 aliphatic heterocycles. The van der Waals surface area contributed by atoms with Gasteiger partial charge in [0.25, 0.3) is 0 Å².